The highest BCUT2D eigenvalue weighted by Gasteiger charge is 1.98. The van der Waals surface area contributed by atoms with Crippen molar-refractivity contribution >= 4 is 17.4 Å². The van der Waals surface area contributed by atoms with E-state index in [1.807, 2.05) is 36.8 Å². The van der Waals surface area contributed by atoms with Crippen LogP contribution < -0.4 is 5.73 Å². The fraction of sp³-hybridized carbons (Fsp3) is 0.182. The van der Waals surface area contributed by atoms with Gasteiger partial charge >= 0.3 is 0 Å². The zero-order valence-corrected chi connectivity index (χ0v) is 9.15. The number of rotatable bonds is 4. The highest BCUT2D eigenvalue weighted by molar-refractivity contribution is 7.99. The topological polar surface area (TPSA) is 43.8 Å². The summed E-state index contributed by atoms with van der Waals surface area (Å²) in [5.41, 5.74) is 6.69. The van der Waals surface area contributed by atoms with E-state index in [4.69, 9.17) is 5.73 Å². The second-order valence-corrected chi connectivity index (χ2v) is 4.32. The molecule has 0 saturated carbocycles. The summed E-state index contributed by atoms with van der Waals surface area (Å²) >= 11 is 1.77. The summed E-state index contributed by atoms with van der Waals surface area (Å²) in [4.78, 5) is 5.14. The zero-order valence-electron chi connectivity index (χ0n) is 8.34. The third-order valence-electron chi connectivity index (χ3n) is 2.09. The molecule has 0 saturated heterocycles. The molecule has 0 unspecified atom stereocenters. The quantitative estimate of drug-likeness (QED) is 0.633. The van der Waals surface area contributed by atoms with E-state index in [0.29, 0.717) is 0 Å². The third kappa shape index (κ3) is 2.76. The average Bonchev–Trinajstić information content (AvgIpc) is 2.74. The number of aryl methyl sites for hydroxylation is 1. The molecule has 78 valence electrons. The van der Waals surface area contributed by atoms with Crippen LogP contribution in [-0.2, 0) is 6.54 Å². The number of nitrogens with zero attached hydrogens (tertiary/aromatic N) is 2. The molecule has 0 fully saturated rings. The molecule has 2 N–H and O–H groups in total. The Hall–Kier alpha value is -1.42. The number of hydrogen-bond donors (Lipinski definition) is 1. The number of thioether (sulfide) groups is 1. The van der Waals surface area contributed by atoms with Gasteiger partial charge in [-0.3, -0.25) is 0 Å². The molecule has 3 nitrogen and oxygen atoms in total. The highest BCUT2D eigenvalue weighted by atomic mass is 32.2. The zero-order chi connectivity index (χ0) is 10.5. The highest BCUT2D eigenvalue weighted by Crippen LogP contribution is 2.24. The van der Waals surface area contributed by atoms with Gasteiger partial charge in [-0.15, -0.1) is 11.8 Å². The average molecular weight is 219 g/mol. The van der Waals surface area contributed by atoms with Gasteiger partial charge in [0.05, 0.1) is 6.33 Å². The molecule has 0 atom stereocenters. The van der Waals surface area contributed by atoms with Gasteiger partial charge in [-0.25, -0.2) is 4.98 Å². The van der Waals surface area contributed by atoms with Crippen LogP contribution in [0.3, 0.4) is 0 Å². The van der Waals surface area contributed by atoms with Crippen LogP contribution in [0.4, 0.5) is 5.69 Å². The van der Waals surface area contributed by atoms with Gasteiger partial charge in [-0.1, -0.05) is 12.1 Å². The molecule has 0 amide bonds. The molecular formula is C11H13N3S. The molecule has 0 aliphatic heterocycles. The molecular weight excluding hydrogens is 206 g/mol. The van der Waals surface area contributed by atoms with Crippen LogP contribution >= 0.6 is 11.8 Å². The smallest absolute Gasteiger partial charge is 0.0946 e. The predicted molar refractivity (Wildman–Crippen MR) is 63.8 cm³/mol. The van der Waals surface area contributed by atoms with Crippen molar-refractivity contribution in [2.24, 2.45) is 0 Å². The maximum Gasteiger partial charge on any atom is 0.0946 e. The van der Waals surface area contributed by atoms with E-state index in [-0.39, 0.29) is 0 Å². The van der Waals surface area contributed by atoms with Gasteiger partial charge in [0.25, 0.3) is 0 Å². The van der Waals surface area contributed by atoms with E-state index in [9.17, 15) is 0 Å². The summed E-state index contributed by atoms with van der Waals surface area (Å²) < 4.78 is 2.06. The van der Waals surface area contributed by atoms with Crippen molar-refractivity contribution < 1.29 is 0 Å². The van der Waals surface area contributed by atoms with Crippen molar-refractivity contribution in [2.45, 2.75) is 11.4 Å². The molecule has 0 aliphatic rings. The van der Waals surface area contributed by atoms with Gasteiger partial charge in [-0.2, -0.15) is 0 Å². The van der Waals surface area contributed by atoms with E-state index in [1.54, 1.807) is 18.0 Å². The molecule has 0 radical (unpaired) electrons. The van der Waals surface area contributed by atoms with Crippen molar-refractivity contribution in [3.8, 4) is 0 Å². The van der Waals surface area contributed by atoms with E-state index in [1.165, 1.54) is 0 Å². The summed E-state index contributed by atoms with van der Waals surface area (Å²) in [7, 11) is 0. The number of anilines is 1. The number of aromatic nitrogens is 2. The van der Waals surface area contributed by atoms with Gasteiger partial charge in [0.2, 0.25) is 0 Å². The minimum Gasteiger partial charge on any atom is -0.398 e. The van der Waals surface area contributed by atoms with Crippen LogP contribution in [0.15, 0.2) is 47.9 Å². The molecule has 2 rings (SSSR count). The largest absolute Gasteiger partial charge is 0.398 e. The minimum atomic E-state index is 0.855. The van der Waals surface area contributed by atoms with Crippen molar-refractivity contribution in [1.29, 1.82) is 0 Å². The van der Waals surface area contributed by atoms with Crippen LogP contribution in [-0.4, -0.2) is 15.3 Å². The molecule has 1 aromatic heterocycles. The van der Waals surface area contributed by atoms with Gasteiger partial charge in [0, 0.05) is 35.3 Å². The van der Waals surface area contributed by atoms with E-state index in [2.05, 4.69) is 9.55 Å². The maximum atomic E-state index is 5.84. The fourth-order valence-electron chi connectivity index (χ4n) is 1.29. The normalized spacial score (nSPS) is 10.4. The number of nitrogens with two attached hydrogens (primary N) is 1. The standard InChI is InChI=1S/C11H13N3S/c12-10-3-1-2-4-11(10)15-8-7-14-6-5-13-9-14/h1-6,9H,7-8,12H2. The Morgan fingerprint density at radius 2 is 2.20 bits per heavy atom. The summed E-state index contributed by atoms with van der Waals surface area (Å²) in [5.74, 6) is 1.00. The maximum absolute atomic E-state index is 5.84. The van der Waals surface area contributed by atoms with Crippen molar-refractivity contribution in [3.63, 3.8) is 0 Å². The number of para-hydroxylation sites is 1. The molecule has 4 heteroatoms. The van der Waals surface area contributed by atoms with Crippen LogP contribution in [0.25, 0.3) is 0 Å². The minimum absolute atomic E-state index is 0.855. The first kappa shape index (κ1) is 10.1. The monoisotopic (exact) mass is 219 g/mol. The van der Waals surface area contributed by atoms with E-state index < -0.39 is 0 Å². The Morgan fingerprint density at radius 3 is 2.93 bits per heavy atom. The van der Waals surface area contributed by atoms with Crippen molar-refractivity contribution in [2.75, 3.05) is 11.5 Å². The lowest BCUT2D eigenvalue weighted by Gasteiger charge is -2.05. The Labute approximate surface area is 93.3 Å². The molecule has 0 bridgehead atoms. The second kappa shape index (κ2) is 4.89. The number of hydrogen-bond acceptors (Lipinski definition) is 3. The van der Waals surface area contributed by atoms with Gasteiger partial charge in [0.1, 0.15) is 0 Å². The summed E-state index contributed by atoms with van der Waals surface area (Å²) in [5, 5.41) is 0. The first-order valence-electron chi connectivity index (χ1n) is 4.79. The molecule has 0 spiro atoms. The van der Waals surface area contributed by atoms with Crippen molar-refractivity contribution in [3.05, 3.63) is 43.0 Å². The lowest BCUT2D eigenvalue weighted by atomic mass is 10.3. The van der Waals surface area contributed by atoms with E-state index in [0.717, 1.165) is 22.9 Å². The van der Waals surface area contributed by atoms with E-state index >= 15 is 0 Å². The SMILES string of the molecule is Nc1ccccc1SCCn1ccnc1. The third-order valence-corrected chi connectivity index (χ3v) is 3.15. The summed E-state index contributed by atoms with van der Waals surface area (Å²) in [6, 6.07) is 7.94. The Bertz CT molecular complexity index is 412. The summed E-state index contributed by atoms with van der Waals surface area (Å²) in [6.07, 6.45) is 5.59. The van der Waals surface area contributed by atoms with Crippen LogP contribution in [0.5, 0.6) is 0 Å². The lowest BCUT2D eigenvalue weighted by Crippen LogP contribution is -1.97. The molecule has 1 aromatic carbocycles. The van der Waals surface area contributed by atoms with Crippen LogP contribution in [0.1, 0.15) is 0 Å². The summed E-state index contributed by atoms with van der Waals surface area (Å²) in [6.45, 7) is 0.957. The van der Waals surface area contributed by atoms with Crippen LogP contribution in [0.2, 0.25) is 0 Å². The molecule has 0 aliphatic carbocycles. The Kier molecular flexibility index (Phi) is 3.29. The van der Waals surface area contributed by atoms with Crippen LogP contribution in [0, 0.1) is 0 Å². The first-order valence-corrected chi connectivity index (χ1v) is 5.78. The Balaban J connectivity index is 1.86. The van der Waals surface area contributed by atoms with Gasteiger partial charge in [-0.05, 0) is 12.1 Å². The fourth-order valence-corrected chi connectivity index (χ4v) is 2.22. The number of benzene rings is 1. The van der Waals surface area contributed by atoms with Gasteiger partial charge < -0.3 is 10.3 Å². The number of nitrogen functional groups attached to an aromatic ring is 1. The second-order valence-electron chi connectivity index (χ2n) is 3.19. The number of imidazole rings is 1. The van der Waals surface area contributed by atoms with Crippen molar-refractivity contribution in [1.82, 2.24) is 9.55 Å². The first-order chi connectivity index (χ1) is 7.36. The molecule has 2 aromatic rings. The molecule has 15 heavy (non-hydrogen) atoms. The molecule has 1 heterocycles. The predicted octanol–water partition coefficient (Wildman–Crippen LogP) is 2.26. The lowest BCUT2D eigenvalue weighted by molar-refractivity contribution is 0.770. The Morgan fingerprint density at radius 1 is 1.33 bits per heavy atom. The van der Waals surface area contributed by atoms with Gasteiger partial charge in [0.15, 0.2) is 0 Å².